The predicted octanol–water partition coefficient (Wildman–Crippen LogP) is 2.33. The lowest BCUT2D eigenvalue weighted by Gasteiger charge is -2.44. The van der Waals surface area contributed by atoms with E-state index in [-0.39, 0.29) is 5.54 Å². The Bertz CT molecular complexity index is 443. The summed E-state index contributed by atoms with van der Waals surface area (Å²) < 4.78 is 5.49. The minimum absolute atomic E-state index is 0.196. The Kier molecular flexibility index (Phi) is 4.57. The van der Waals surface area contributed by atoms with Gasteiger partial charge in [-0.3, -0.25) is 14.8 Å². The van der Waals surface area contributed by atoms with E-state index in [1.165, 1.54) is 25.1 Å². The molecule has 2 aliphatic rings. The predicted molar refractivity (Wildman–Crippen MR) is 84.3 cm³/mol. The van der Waals surface area contributed by atoms with Gasteiger partial charge in [0.15, 0.2) is 0 Å². The van der Waals surface area contributed by atoms with E-state index in [1.807, 2.05) is 12.3 Å². The van der Waals surface area contributed by atoms with Gasteiger partial charge in [0.2, 0.25) is 0 Å². The molecule has 0 bridgehead atoms. The number of hydrogen-bond donors (Lipinski definition) is 0. The van der Waals surface area contributed by atoms with E-state index in [4.69, 9.17) is 4.74 Å². The molecule has 4 heteroatoms. The maximum absolute atomic E-state index is 5.49. The highest BCUT2D eigenvalue weighted by molar-refractivity contribution is 5.11. The quantitative estimate of drug-likeness (QED) is 0.850. The normalized spacial score (nSPS) is 25.3. The second-order valence-electron chi connectivity index (χ2n) is 6.79. The number of morpholine rings is 1. The minimum Gasteiger partial charge on any atom is -0.379 e. The average molecular weight is 289 g/mol. The molecular weight excluding hydrogens is 262 g/mol. The van der Waals surface area contributed by atoms with Crippen LogP contribution in [0.3, 0.4) is 0 Å². The molecule has 1 aromatic rings. The molecule has 0 amide bonds. The van der Waals surface area contributed by atoms with Crippen LogP contribution in [-0.4, -0.2) is 59.7 Å². The van der Waals surface area contributed by atoms with Gasteiger partial charge in [0.25, 0.3) is 0 Å². The Morgan fingerprint density at radius 3 is 2.76 bits per heavy atom. The highest BCUT2D eigenvalue weighted by Gasteiger charge is 2.35. The van der Waals surface area contributed by atoms with Gasteiger partial charge in [0, 0.05) is 31.4 Å². The fourth-order valence-corrected chi connectivity index (χ4v) is 3.69. The SMILES string of the molecule is CC(C)(CN1CCC[C@H]1c1ccccn1)N1CCOCC1. The lowest BCUT2D eigenvalue weighted by atomic mass is 10.00. The topological polar surface area (TPSA) is 28.6 Å². The first-order valence-electron chi connectivity index (χ1n) is 8.15. The van der Waals surface area contributed by atoms with Crippen molar-refractivity contribution in [3.8, 4) is 0 Å². The van der Waals surface area contributed by atoms with Crippen LogP contribution in [0.1, 0.15) is 38.4 Å². The first kappa shape index (κ1) is 14.9. The number of nitrogens with zero attached hydrogens (tertiary/aromatic N) is 3. The van der Waals surface area contributed by atoms with Gasteiger partial charge in [-0.15, -0.1) is 0 Å². The van der Waals surface area contributed by atoms with E-state index in [0.29, 0.717) is 6.04 Å². The largest absolute Gasteiger partial charge is 0.379 e. The van der Waals surface area contributed by atoms with Gasteiger partial charge in [0.05, 0.1) is 24.9 Å². The van der Waals surface area contributed by atoms with Crippen molar-refractivity contribution in [1.82, 2.24) is 14.8 Å². The zero-order valence-corrected chi connectivity index (χ0v) is 13.3. The summed E-state index contributed by atoms with van der Waals surface area (Å²) in [6.45, 7) is 10.9. The molecule has 0 spiro atoms. The standard InChI is InChI=1S/C17H27N3O/c1-17(2,20-10-12-21-13-11-20)14-19-9-5-7-16(19)15-6-3-4-8-18-15/h3-4,6,8,16H,5,7,9-14H2,1-2H3/t16-/m0/s1. The Morgan fingerprint density at radius 1 is 1.24 bits per heavy atom. The van der Waals surface area contributed by atoms with Crippen LogP contribution in [0.25, 0.3) is 0 Å². The lowest BCUT2D eigenvalue weighted by Crippen LogP contribution is -2.55. The molecule has 2 saturated heterocycles. The summed E-state index contributed by atoms with van der Waals surface area (Å²) in [5.74, 6) is 0. The van der Waals surface area contributed by atoms with Gasteiger partial charge in [-0.05, 0) is 45.4 Å². The summed E-state index contributed by atoms with van der Waals surface area (Å²) in [6.07, 6.45) is 4.43. The van der Waals surface area contributed by atoms with Gasteiger partial charge >= 0.3 is 0 Å². The Morgan fingerprint density at radius 2 is 2.05 bits per heavy atom. The van der Waals surface area contributed by atoms with Crippen LogP contribution in [0, 0.1) is 0 Å². The zero-order chi connectivity index (χ0) is 14.7. The van der Waals surface area contributed by atoms with Crippen molar-refractivity contribution >= 4 is 0 Å². The van der Waals surface area contributed by atoms with Crippen molar-refractivity contribution in [1.29, 1.82) is 0 Å². The third-order valence-electron chi connectivity index (χ3n) is 4.85. The number of aromatic nitrogens is 1. The molecule has 2 aliphatic heterocycles. The van der Waals surface area contributed by atoms with Crippen LogP contribution in [0.5, 0.6) is 0 Å². The first-order chi connectivity index (χ1) is 10.2. The molecule has 3 rings (SSSR count). The Balaban J connectivity index is 1.68. The summed E-state index contributed by atoms with van der Waals surface area (Å²) in [5.41, 5.74) is 1.43. The summed E-state index contributed by atoms with van der Waals surface area (Å²) in [7, 11) is 0. The lowest BCUT2D eigenvalue weighted by molar-refractivity contribution is -0.0232. The fourth-order valence-electron chi connectivity index (χ4n) is 3.69. The van der Waals surface area contributed by atoms with Crippen LogP contribution >= 0.6 is 0 Å². The van der Waals surface area contributed by atoms with E-state index < -0.39 is 0 Å². The van der Waals surface area contributed by atoms with Gasteiger partial charge < -0.3 is 4.74 Å². The second kappa shape index (κ2) is 6.42. The van der Waals surface area contributed by atoms with Gasteiger partial charge in [0.1, 0.15) is 0 Å². The van der Waals surface area contributed by atoms with Crippen LogP contribution in [-0.2, 0) is 4.74 Å². The second-order valence-corrected chi connectivity index (χ2v) is 6.79. The van der Waals surface area contributed by atoms with Crippen molar-refractivity contribution in [2.45, 2.75) is 38.3 Å². The van der Waals surface area contributed by atoms with Crippen LogP contribution in [0.15, 0.2) is 24.4 Å². The van der Waals surface area contributed by atoms with Crippen molar-refractivity contribution in [3.63, 3.8) is 0 Å². The molecule has 0 saturated carbocycles. The molecule has 0 aromatic carbocycles. The maximum atomic E-state index is 5.49. The molecule has 0 N–H and O–H groups in total. The van der Waals surface area contributed by atoms with Crippen molar-refractivity contribution < 1.29 is 4.74 Å². The maximum Gasteiger partial charge on any atom is 0.0594 e. The van der Waals surface area contributed by atoms with Gasteiger partial charge in [-0.2, -0.15) is 0 Å². The summed E-state index contributed by atoms with van der Waals surface area (Å²) >= 11 is 0. The van der Waals surface area contributed by atoms with Crippen molar-refractivity contribution in [2.24, 2.45) is 0 Å². The third-order valence-corrected chi connectivity index (χ3v) is 4.85. The van der Waals surface area contributed by atoms with Crippen molar-refractivity contribution in [2.75, 3.05) is 39.4 Å². The fraction of sp³-hybridized carbons (Fsp3) is 0.706. The molecule has 0 unspecified atom stereocenters. The van der Waals surface area contributed by atoms with E-state index in [0.717, 1.165) is 32.8 Å². The third kappa shape index (κ3) is 3.44. The molecule has 3 heterocycles. The average Bonchev–Trinajstić information content (AvgIpc) is 2.96. The van der Waals surface area contributed by atoms with Crippen molar-refractivity contribution in [3.05, 3.63) is 30.1 Å². The monoisotopic (exact) mass is 289 g/mol. The van der Waals surface area contributed by atoms with E-state index in [9.17, 15) is 0 Å². The molecule has 4 nitrogen and oxygen atoms in total. The first-order valence-corrected chi connectivity index (χ1v) is 8.15. The number of hydrogen-bond acceptors (Lipinski definition) is 4. The molecule has 2 fully saturated rings. The Hall–Kier alpha value is -0.970. The van der Waals surface area contributed by atoms with E-state index >= 15 is 0 Å². The number of likely N-dealkylation sites (tertiary alicyclic amines) is 1. The highest BCUT2D eigenvalue weighted by atomic mass is 16.5. The molecule has 0 radical (unpaired) electrons. The van der Waals surface area contributed by atoms with E-state index in [2.05, 4.69) is 40.8 Å². The van der Waals surface area contributed by atoms with Gasteiger partial charge in [-0.1, -0.05) is 6.07 Å². The molecule has 21 heavy (non-hydrogen) atoms. The summed E-state index contributed by atoms with van der Waals surface area (Å²) in [4.78, 5) is 9.77. The number of pyridine rings is 1. The van der Waals surface area contributed by atoms with Gasteiger partial charge in [-0.25, -0.2) is 0 Å². The van der Waals surface area contributed by atoms with Crippen LogP contribution < -0.4 is 0 Å². The highest BCUT2D eigenvalue weighted by Crippen LogP contribution is 2.33. The molecule has 1 atom stereocenters. The zero-order valence-electron chi connectivity index (χ0n) is 13.3. The molecule has 116 valence electrons. The number of ether oxygens (including phenoxy) is 1. The smallest absolute Gasteiger partial charge is 0.0594 e. The van der Waals surface area contributed by atoms with Crippen LogP contribution in [0.4, 0.5) is 0 Å². The summed E-state index contributed by atoms with van der Waals surface area (Å²) in [6, 6.07) is 6.77. The minimum atomic E-state index is 0.196. The Labute approximate surface area is 128 Å². The molecular formula is C17H27N3O. The molecule has 0 aliphatic carbocycles. The molecule has 1 aromatic heterocycles. The number of rotatable bonds is 4. The summed E-state index contributed by atoms with van der Waals surface area (Å²) in [5, 5.41) is 0. The van der Waals surface area contributed by atoms with Crippen LogP contribution in [0.2, 0.25) is 0 Å². The van der Waals surface area contributed by atoms with E-state index in [1.54, 1.807) is 0 Å².